The third kappa shape index (κ3) is 3.63. The summed E-state index contributed by atoms with van der Waals surface area (Å²) >= 11 is 1.49. The second-order valence-electron chi connectivity index (χ2n) is 2.60. The van der Waals surface area contributed by atoms with E-state index in [1.54, 1.807) is 0 Å². The summed E-state index contributed by atoms with van der Waals surface area (Å²) in [7, 11) is 0. The Hall–Kier alpha value is -0.780. The van der Waals surface area contributed by atoms with E-state index in [-0.39, 0.29) is 6.61 Å². The van der Waals surface area contributed by atoms with Crippen LogP contribution in [0.5, 0.6) is 0 Å². The van der Waals surface area contributed by atoms with E-state index in [1.165, 1.54) is 28.6 Å². The highest BCUT2D eigenvalue weighted by molar-refractivity contribution is 14.1. The van der Waals surface area contributed by atoms with E-state index >= 15 is 0 Å². The molecule has 0 unspecified atom stereocenters. The summed E-state index contributed by atoms with van der Waals surface area (Å²) in [5, 5.41) is 0. The maximum Gasteiger partial charge on any atom is 0.518 e. The second kappa shape index (κ2) is 5.06. The molecule has 1 aromatic rings. The molecule has 0 aromatic heterocycles. The molecule has 0 aliphatic carbocycles. The van der Waals surface area contributed by atoms with Gasteiger partial charge in [-0.05, 0) is 12.5 Å². The van der Waals surface area contributed by atoms with Crippen molar-refractivity contribution in [3.63, 3.8) is 0 Å². The van der Waals surface area contributed by atoms with Gasteiger partial charge in [-0.25, -0.2) is 4.79 Å². The van der Waals surface area contributed by atoms with Crippen LogP contribution in [0.1, 0.15) is 11.1 Å². The Morgan fingerprint density at radius 3 is 2.54 bits per heavy atom. The number of aryl methyl sites for hydroxylation is 1. The number of hydrogen-bond acceptors (Lipinski definition) is 3. The maximum atomic E-state index is 10.6. The van der Waals surface area contributed by atoms with Gasteiger partial charge in [0.25, 0.3) is 0 Å². The Morgan fingerprint density at radius 1 is 1.38 bits per heavy atom. The second-order valence-corrected chi connectivity index (χ2v) is 3.04. The average Bonchev–Trinajstić information content (AvgIpc) is 2.16. The summed E-state index contributed by atoms with van der Waals surface area (Å²) in [6.07, 6.45) is -0.666. The smallest absolute Gasteiger partial charge is 0.429 e. The molecule has 0 atom stereocenters. The lowest BCUT2D eigenvalue weighted by Crippen LogP contribution is -2.01. The fourth-order valence-electron chi connectivity index (χ4n) is 0.849. The van der Waals surface area contributed by atoms with Crippen LogP contribution >= 0.6 is 23.0 Å². The van der Waals surface area contributed by atoms with Crippen LogP contribution in [-0.2, 0) is 14.4 Å². The van der Waals surface area contributed by atoms with Gasteiger partial charge < -0.3 is 7.80 Å². The number of rotatable bonds is 2. The van der Waals surface area contributed by atoms with Gasteiger partial charge in [0.1, 0.15) is 6.61 Å². The maximum absolute atomic E-state index is 10.6. The molecule has 1 rings (SSSR count). The molecule has 0 aliphatic rings. The molecule has 0 radical (unpaired) electrons. The van der Waals surface area contributed by atoms with Gasteiger partial charge in [0, 0.05) is 0 Å². The molecule has 13 heavy (non-hydrogen) atoms. The Labute approximate surface area is 90.7 Å². The highest BCUT2D eigenvalue weighted by Crippen LogP contribution is 2.05. The van der Waals surface area contributed by atoms with Gasteiger partial charge in [0.2, 0.25) is 0 Å². The SMILES string of the molecule is Cc1ccc(COC(=O)OI)cc1. The molecule has 1 aromatic carbocycles. The lowest BCUT2D eigenvalue weighted by atomic mass is 10.2. The Kier molecular flexibility index (Phi) is 4.01. The van der Waals surface area contributed by atoms with E-state index in [0.29, 0.717) is 0 Å². The third-order valence-electron chi connectivity index (χ3n) is 1.54. The predicted octanol–water partition coefficient (Wildman–Crippen LogP) is 3.00. The average molecular weight is 292 g/mol. The molecular formula is C9H9IO3. The first-order chi connectivity index (χ1) is 6.22. The fourth-order valence-corrected chi connectivity index (χ4v) is 0.976. The largest absolute Gasteiger partial charge is 0.518 e. The summed E-state index contributed by atoms with van der Waals surface area (Å²) in [4.78, 5) is 10.6. The minimum Gasteiger partial charge on any atom is -0.429 e. The van der Waals surface area contributed by atoms with Crippen molar-refractivity contribution in [2.24, 2.45) is 0 Å². The molecule has 0 bridgehead atoms. The van der Waals surface area contributed by atoms with Crippen molar-refractivity contribution >= 4 is 29.2 Å². The monoisotopic (exact) mass is 292 g/mol. The minimum atomic E-state index is -0.666. The molecule has 0 spiro atoms. The zero-order chi connectivity index (χ0) is 9.68. The van der Waals surface area contributed by atoms with Crippen LogP contribution in [-0.4, -0.2) is 6.16 Å². The first-order valence-electron chi connectivity index (χ1n) is 3.73. The highest BCUT2D eigenvalue weighted by atomic mass is 127. The summed E-state index contributed by atoms with van der Waals surface area (Å²) < 4.78 is 9.05. The van der Waals surface area contributed by atoms with E-state index in [9.17, 15) is 4.79 Å². The van der Waals surface area contributed by atoms with Crippen molar-refractivity contribution in [2.45, 2.75) is 13.5 Å². The number of carbonyl (C=O) groups is 1. The van der Waals surface area contributed by atoms with E-state index < -0.39 is 6.16 Å². The first kappa shape index (κ1) is 10.3. The molecular weight excluding hydrogens is 283 g/mol. The zero-order valence-corrected chi connectivity index (χ0v) is 9.28. The molecule has 0 saturated heterocycles. The van der Waals surface area contributed by atoms with Gasteiger partial charge in [0.05, 0.1) is 0 Å². The highest BCUT2D eigenvalue weighted by Gasteiger charge is 2.01. The third-order valence-corrected chi connectivity index (χ3v) is 1.90. The van der Waals surface area contributed by atoms with Crippen LogP contribution in [0.2, 0.25) is 0 Å². The van der Waals surface area contributed by atoms with Crippen LogP contribution in [0.25, 0.3) is 0 Å². The quantitative estimate of drug-likeness (QED) is 0.621. The summed E-state index contributed by atoms with van der Waals surface area (Å²) in [5.41, 5.74) is 2.13. The Balaban J connectivity index is 2.46. The van der Waals surface area contributed by atoms with E-state index in [2.05, 4.69) is 3.07 Å². The van der Waals surface area contributed by atoms with Gasteiger partial charge in [-0.3, -0.25) is 0 Å². The van der Waals surface area contributed by atoms with Crippen molar-refractivity contribution in [1.82, 2.24) is 0 Å². The normalized spacial score (nSPS) is 9.38. The van der Waals surface area contributed by atoms with Crippen LogP contribution < -0.4 is 0 Å². The minimum absolute atomic E-state index is 0.252. The van der Waals surface area contributed by atoms with E-state index in [4.69, 9.17) is 4.74 Å². The van der Waals surface area contributed by atoms with Crippen LogP contribution in [0.15, 0.2) is 24.3 Å². The molecule has 0 saturated carbocycles. The number of hydrogen-bond donors (Lipinski definition) is 0. The number of ether oxygens (including phenoxy) is 1. The Morgan fingerprint density at radius 2 is 2.00 bits per heavy atom. The van der Waals surface area contributed by atoms with Crippen molar-refractivity contribution in [3.8, 4) is 0 Å². The molecule has 0 fully saturated rings. The van der Waals surface area contributed by atoms with Crippen molar-refractivity contribution in [1.29, 1.82) is 0 Å². The van der Waals surface area contributed by atoms with Crippen molar-refractivity contribution in [3.05, 3.63) is 35.4 Å². The Bertz CT molecular complexity index is 281. The topological polar surface area (TPSA) is 35.5 Å². The molecule has 4 heteroatoms. The van der Waals surface area contributed by atoms with Gasteiger partial charge in [-0.15, -0.1) is 0 Å². The molecule has 70 valence electrons. The van der Waals surface area contributed by atoms with Crippen LogP contribution in [0.4, 0.5) is 4.79 Å². The van der Waals surface area contributed by atoms with E-state index in [1.807, 2.05) is 31.2 Å². The number of carbonyl (C=O) groups excluding carboxylic acids is 1. The molecule has 0 heterocycles. The first-order valence-corrected chi connectivity index (χ1v) is 4.61. The standard InChI is InChI=1S/C9H9IO3/c1-7-2-4-8(5-3-7)6-12-9(11)13-10/h2-5H,6H2,1H3. The van der Waals surface area contributed by atoms with Crippen molar-refractivity contribution < 1.29 is 12.6 Å². The van der Waals surface area contributed by atoms with Gasteiger partial charge in [0.15, 0.2) is 23.0 Å². The predicted molar refractivity (Wildman–Crippen MR) is 56.5 cm³/mol. The lowest BCUT2D eigenvalue weighted by Gasteiger charge is -2.01. The fraction of sp³-hybridized carbons (Fsp3) is 0.222. The van der Waals surface area contributed by atoms with Crippen molar-refractivity contribution in [2.75, 3.05) is 0 Å². The lowest BCUT2D eigenvalue weighted by molar-refractivity contribution is 0.106. The summed E-state index contributed by atoms with van der Waals surface area (Å²) in [5.74, 6) is 0. The van der Waals surface area contributed by atoms with Gasteiger partial charge in [-0.1, -0.05) is 29.8 Å². The summed E-state index contributed by atoms with van der Waals surface area (Å²) in [6.45, 7) is 2.26. The van der Waals surface area contributed by atoms with E-state index in [0.717, 1.165) is 5.56 Å². The molecule has 0 aliphatic heterocycles. The van der Waals surface area contributed by atoms with Crippen LogP contribution in [0.3, 0.4) is 0 Å². The molecule has 0 N–H and O–H groups in total. The molecule has 0 amide bonds. The summed E-state index contributed by atoms with van der Waals surface area (Å²) in [6, 6.07) is 7.76. The zero-order valence-electron chi connectivity index (χ0n) is 7.12. The van der Waals surface area contributed by atoms with Crippen LogP contribution in [0, 0.1) is 6.92 Å². The number of benzene rings is 1. The van der Waals surface area contributed by atoms with Gasteiger partial charge in [-0.2, -0.15) is 0 Å². The number of halogens is 1. The molecule has 3 nitrogen and oxygen atoms in total. The van der Waals surface area contributed by atoms with Gasteiger partial charge >= 0.3 is 6.16 Å².